The molecule has 0 radical (unpaired) electrons. The molecule has 0 saturated heterocycles. The van der Waals surface area contributed by atoms with Crippen LogP contribution in [0.1, 0.15) is 59.5 Å². The van der Waals surface area contributed by atoms with Gasteiger partial charge in [-0.15, -0.1) is 0 Å². The normalized spacial score (nSPS) is 20.9. The summed E-state index contributed by atoms with van der Waals surface area (Å²) in [5.41, 5.74) is 2.77. The first-order chi connectivity index (χ1) is 15.5. The second-order valence-electron chi connectivity index (χ2n) is 9.28. The van der Waals surface area contributed by atoms with Crippen LogP contribution in [0, 0.1) is 0 Å². The van der Waals surface area contributed by atoms with Gasteiger partial charge in [0.15, 0.2) is 5.76 Å². The smallest absolute Gasteiger partial charge is 0.287 e. The van der Waals surface area contributed by atoms with Crippen molar-refractivity contribution < 1.29 is 9.21 Å². The first-order valence-electron chi connectivity index (χ1n) is 11.7. The highest BCUT2D eigenvalue weighted by Crippen LogP contribution is 2.36. The summed E-state index contributed by atoms with van der Waals surface area (Å²) in [6.45, 7) is 0. The molecule has 1 amide bonds. The third kappa shape index (κ3) is 5.49. The molecule has 1 fully saturated rings. The largest absolute Gasteiger partial charge is 0.456 e. The Balaban J connectivity index is 1.30. The SMILES string of the molecule is CN(C)C1(CCc2ccccc2)CCC(NC(=O)c2ccc(Cc3ccccc3)o2)CC1. The predicted molar refractivity (Wildman–Crippen MR) is 129 cm³/mol. The van der Waals surface area contributed by atoms with Gasteiger partial charge in [0.25, 0.3) is 5.91 Å². The molecule has 32 heavy (non-hydrogen) atoms. The van der Waals surface area contributed by atoms with E-state index in [9.17, 15) is 4.79 Å². The summed E-state index contributed by atoms with van der Waals surface area (Å²) in [6, 6.07) is 24.8. The maximum atomic E-state index is 12.8. The number of nitrogens with one attached hydrogen (secondary N) is 1. The zero-order chi connectivity index (χ0) is 22.4. The number of carbonyl (C=O) groups is 1. The van der Waals surface area contributed by atoms with Crippen molar-refractivity contribution in [3.63, 3.8) is 0 Å². The van der Waals surface area contributed by atoms with Crippen LogP contribution in [0.3, 0.4) is 0 Å². The molecule has 1 aliphatic rings. The molecule has 0 aliphatic heterocycles. The van der Waals surface area contributed by atoms with E-state index in [0.717, 1.165) is 44.3 Å². The molecule has 4 heteroatoms. The van der Waals surface area contributed by atoms with Gasteiger partial charge in [-0.1, -0.05) is 60.7 Å². The van der Waals surface area contributed by atoms with Gasteiger partial charge in [-0.05, 0) is 75.9 Å². The van der Waals surface area contributed by atoms with E-state index in [0.29, 0.717) is 12.2 Å². The van der Waals surface area contributed by atoms with E-state index in [1.807, 2.05) is 24.3 Å². The number of furan rings is 1. The van der Waals surface area contributed by atoms with Crippen molar-refractivity contribution in [2.45, 2.75) is 56.5 Å². The number of carbonyl (C=O) groups excluding carboxylic acids is 1. The lowest BCUT2D eigenvalue weighted by Crippen LogP contribution is -2.51. The van der Waals surface area contributed by atoms with Gasteiger partial charge in [0.2, 0.25) is 0 Å². The lowest BCUT2D eigenvalue weighted by atomic mass is 9.75. The lowest BCUT2D eigenvalue weighted by molar-refractivity contribution is 0.0705. The standard InChI is InChI=1S/C28H34N2O2/c1-30(2)28(18-15-22-9-5-3-6-10-22)19-16-24(17-20-28)29-27(31)26-14-13-25(32-26)21-23-11-7-4-8-12-23/h3-14,24H,15-21H2,1-2H3,(H,29,31). The lowest BCUT2D eigenvalue weighted by Gasteiger charge is -2.45. The average Bonchev–Trinajstić information content (AvgIpc) is 3.29. The van der Waals surface area contributed by atoms with Crippen LogP contribution in [0.2, 0.25) is 0 Å². The molecular weight excluding hydrogens is 396 g/mol. The van der Waals surface area contributed by atoms with Crippen molar-refractivity contribution in [3.8, 4) is 0 Å². The minimum Gasteiger partial charge on any atom is -0.456 e. The molecule has 1 heterocycles. The minimum absolute atomic E-state index is 0.101. The summed E-state index contributed by atoms with van der Waals surface area (Å²) in [5, 5.41) is 3.21. The van der Waals surface area contributed by atoms with E-state index < -0.39 is 0 Å². The van der Waals surface area contributed by atoms with Gasteiger partial charge in [0.05, 0.1) is 0 Å². The number of amides is 1. The van der Waals surface area contributed by atoms with Gasteiger partial charge in [-0.3, -0.25) is 4.79 Å². The van der Waals surface area contributed by atoms with Gasteiger partial charge in [0.1, 0.15) is 5.76 Å². The number of rotatable bonds is 8. The summed E-state index contributed by atoms with van der Waals surface area (Å²) >= 11 is 0. The summed E-state index contributed by atoms with van der Waals surface area (Å²) in [5.74, 6) is 1.12. The van der Waals surface area contributed by atoms with Crippen LogP contribution in [0.5, 0.6) is 0 Å². The molecule has 1 aliphatic carbocycles. The Bertz CT molecular complexity index is 987. The Hall–Kier alpha value is -2.85. The Morgan fingerprint density at radius 3 is 2.19 bits per heavy atom. The second-order valence-corrected chi connectivity index (χ2v) is 9.28. The quantitative estimate of drug-likeness (QED) is 0.515. The van der Waals surface area contributed by atoms with E-state index in [4.69, 9.17) is 4.42 Å². The highest BCUT2D eigenvalue weighted by Gasteiger charge is 2.37. The van der Waals surface area contributed by atoms with Crippen molar-refractivity contribution >= 4 is 5.91 Å². The highest BCUT2D eigenvalue weighted by atomic mass is 16.3. The number of hydrogen-bond donors (Lipinski definition) is 1. The van der Waals surface area contributed by atoms with Crippen LogP contribution >= 0.6 is 0 Å². The molecule has 0 unspecified atom stereocenters. The molecule has 1 N–H and O–H groups in total. The monoisotopic (exact) mass is 430 g/mol. The van der Waals surface area contributed by atoms with Gasteiger partial charge in [0, 0.05) is 18.0 Å². The molecular formula is C28H34N2O2. The van der Waals surface area contributed by atoms with Gasteiger partial charge >= 0.3 is 0 Å². The average molecular weight is 431 g/mol. The Kier molecular flexibility index (Phi) is 7.11. The Labute approximate surface area is 191 Å². The van der Waals surface area contributed by atoms with E-state index in [-0.39, 0.29) is 17.5 Å². The molecule has 4 nitrogen and oxygen atoms in total. The van der Waals surface area contributed by atoms with E-state index in [1.54, 1.807) is 6.07 Å². The summed E-state index contributed by atoms with van der Waals surface area (Å²) in [4.78, 5) is 15.2. The summed E-state index contributed by atoms with van der Waals surface area (Å²) in [6.07, 6.45) is 7.11. The maximum Gasteiger partial charge on any atom is 0.287 e. The van der Waals surface area contributed by atoms with Crippen molar-refractivity contribution in [2.24, 2.45) is 0 Å². The van der Waals surface area contributed by atoms with Crippen LogP contribution in [0.4, 0.5) is 0 Å². The molecule has 4 rings (SSSR count). The third-order valence-corrected chi connectivity index (χ3v) is 7.03. The number of hydrogen-bond acceptors (Lipinski definition) is 3. The zero-order valence-electron chi connectivity index (χ0n) is 19.2. The zero-order valence-corrected chi connectivity index (χ0v) is 19.2. The molecule has 1 saturated carbocycles. The molecule has 0 bridgehead atoms. The molecule has 168 valence electrons. The van der Waals surface area contributed by atoms with Gasteiger partial charge in [-0.2, -0.15) is 0 Å². The van der Waals surface area contributed by atoms with Gasteiger partial charge in [-0.25, -0.2) is 0 Å². The van der Waals surface area contributed by atoms with Crippen LogP contribution < -0.4 is 5.32 Å². The first kappa shape index (κ1) is 22.3. The Morgan fingerprint density at radius 2 is 1.56 bits per heavy atom. The number of nitrogens with zero attached hydrogens (tertiary/aromatic N) is 1. The molecule has 0 spiro atoms. The van der Waals surface area contributed by atoms with Crippen molar-refractivity contribution in [3.05, 3.63) is 95.4 Å². The summed E-state index contributed by atoms with van der Waals surface area (Å²) in [7, 11) is 4.39. The van der Waals surface area contributed by atoms with Crippen molar-refractivity contribution in [2.75, 3.05) is 14.1 Å². The van der Waals surface area contributed by atoms with Crippen molar-refractivity contribution in [1.29, 1.82) is 0 Å². The first-order valence-corrected chi connectivity index (χ1v) is 11.7. The van der Waals surface area contributed by atoms with Crippen molar-refractivity contribution in [1.82, 2.24) is 10.2 Å². The van der Waals surface area contributed by atoms with E-state index >= 15 is 0 Å². The van der Waals surface area contributed by atoms with E-state index in [1.165, 1.54) is 11.1 Å². The van der Waals surface area contributed by atoms with Crippen LogP contribution in [0.15, 0.2) is 77.2 Å². The van der Waals surface area contributed by atoms with Crippen LogP contribution in [0.25, 0.3) is 0 Å². The summed E-state index contributed by atoms with van der Waals surface area (Å²) < 4.78 is 5.84. The maximum absolute atomic E-state index is 12.8. The fourth-order valence-electron chi connectivity index (χ4n) is 4.89. The molecule has 2 aromatic carbocycles. The third-order valence-electron chi connectivity index (χ3n) is 7.03. The highest BCUT2D eigenvalue weighted by molar-refractivity contribution is 5.91. The minimum atomic E-state index is -0.101. The second kappa shape index (κ2) is 10.2. The molecule has 1 aromatic heterocycles. The molecule has 0 atom stereocenters. The molecule has 3 aromatic rings. The van der Waals surface area contributed by atoms with Crippen LogP contribution in [-0.4, -0.2) is 36.5 Å². The number of aryl methyl sites for hydroxylation is 1. The Morgan fingerprint density at radius 1 is 0.938 bits per heavy atom. The van der Waals surface area contributed by atoms with E-state index in [2.05, 4.69) is 66.8 Å². The van der Waals surface area contributed by atoms with Gasteiger partial charge < -0.3 is 14.6 Å². The number of benzene rings is 2. The fourth-order valence-corrected chi connectivity index (χ4v) is 4.89. The topological polar surface area (TPSA) is 45.5 Å². The fraction of sp³-hybridized carbons (Fsp3) is 0.393. The predicted octanol–water partition coefficient (Wildman–Crippen LogP) is 5.48. The van der Waals surface area contributed by atoms with Crippen LogP contribution in [-0.2, 0) is 12.8 Å².